The van der Waals surface area contributed by atoms with Crippen LogP contribution >= 0.6 is 12.4 Å². The fraction of sp³-hybridized carbons (Fsp3) is 0.600. The van der Waals surface area contributed by atoms with Gasteiger partial charge < -0.3 is 11.1 Å². The quantitative estimate of drug-likeness (QED) is 0.901. The minimum Gasteiger partial charge on any atom is -0.397 e. The van der Waals surface area contributed by atoms with Crippen molar-refractivity contribution >= 4 is 24.0 Å². The first-order valence-corrected chi connectivity index (χ1v) is 7.10. The highest BCUT2D eigenvalue weighted by Crippen LogP contribution is 2.30. The van der Waals surface area contributed by atoms with Crippen molar-refractivity contribution in [1.29, 1.82) is 0 Å². The first-order valence-electron chi connectivity index (χ1n) is 7.10. The maximum absolute atomic E-state index is 12.2. The van der Waals surface area contributed by atoms with Gasteiger partial charge in [-0.1, -0.05) is 26.7 Å². The number of aromatic nitrogens is 1. The lowest BCUT2D eigenvalue weighted by atomic mass is 9.78. The van der Waals surface area contributed by atoms with Crippen LogP contribution in [0.5, 0.6) is 0 Å². The van der Waals surface area contributed by atoms with Gasteiger partial charge in [0.1, 0.15) is 5.69 Å². The summed E-state index contributed by atoms with van der Waals surface area (Å²) < 4.78 is 0. The Morgan fingerprint density at radius 2 is 2.05 bits per heavy atom. The molecule has 1 saturated carbocycles. The van der Waals surface area contributed by atoms with Crippen LogP contribution in [0.3, 0.4) is 0 Å². The molecule has 2 rings (SSSR count). The van der Waals surface area contributed by atoms with E-state index in [1.807, 2.05) is 0 Å². The standard InChI is InChI=1S/C15H23N3O.ClH/c1-10(2)12-5-3-4-6-13(12)18-15(19)14-8-7-11(16)9-17-14;/h7-10,12-13H,3-6,16H2,1-2H3,(H,18,19);1H. The number of carbonyl (C=O) groups is 1. The number of halogens is 1. The molecule has 0 saturated heterocycles. The van der Waals surface area contributed by atoms with Gasteiger partial charge in [-0.2, -0.15) is 0 Å². The maximum Gasteiger partial charge on any atom is 0.270 e. The Bertz CT molecular complexity index is 433. The molecule has 1 aliphatic carbocycles. The Balaban J connectivity index is 0.00000200. The number of nitrogens with two attached hydrogens (primary N) is 1. The molecule has 20 heavy (non-hydrogen) atoms. The van der Waals surface area contributed by atoms with Crippen LogP contribution in [0.15, 0.2) is 18.3 Å². The lowest BCUT2D eigenvalue weighted by Gasteiger charge is -2.34. The summed E-state index contributed by atoms with van der Waals surface area (Å²) in [5.41, 5.74) is 6.60. The number of nitrogen functional groups attached to an aromatic ring is 1. The molecule has 2 atom stereocenters. The zero-order chi connectivity index (χ0) is 13.8. The van der Waals surface area contributed by atoms with Crippen molar-refractivity contribution in [3.8, 4) is 0 Å². The highest BCUT2D eigenvalue weighted by atomic mass is 35.5. The summed E-state index contributed by atoms with van der Waals surface area (Å²) in [6.07, 6.45) is 6.27. The van der Waals surface area contributed by atoms with Crippen molar-refractivity contribution in [3.63, 3.8) is 0 Å². The molecule has 3 N–H and O–H groups in total. The zero-order valence-corrected chi connectivity index (χ0v) is 13.0. The second-order valence-electron chi connectivity index (χ2n) is 5.75. The normalized spacial score (nSPS) is 22.1. The molecule has 0 aliphatic heterocycles. The molecule has 0 radical (unpaired) electrons. The third kappa shape index (κ3) is 4.10. The van der Waals surface area contributed by atoms with Crippen LogP contribution in [0.2, 0.25) is 0 Å². The van der Waals surface area contributed by atoms with Crippen molar-refractivity contribution in [3.05, 3.63) is 24.0 Å². The molecule has 0 bridgehead atoms. The molecule has 1 amide bonds. The maximum atomic E-state index is 12.2. The average molecular weight is 298 g/mol. The number of hydrogen-bond donors (Lipinski definition) is 2. The van der Waals surface area contributed by atoms with Gasteiger partial charge in [-0.25, -0.2) is 4.98 Å². The zero-order valence-electron chi connectivity index (χ0n) is 12.1. The van der Waals surface area contributed by atoms with Crippen LogP contribution in [-0.2, 0) is 0 Å². The van der Waals surface area contributed by atoms with Gasteiger partial charge in [-0.05, 0) is 36.8 Å². The van der Waals surface area contributed by atoms with Gasteiger partial charge in [0.05, 0.1) is 11.9 Å². The van der Waals surface area contributed by atoms with E-state index in [4.69, 9.17) is 5.73 Å². The molecule has 1 heterocycles. The molecular weight excluding hydrogens is 274 g/mol. The smallest absolute Gasteiger partial charge is 0.270 e. The Kier molecular flexibility index (Phi) is 6.27. The Morgan fingerprint density at radius 1 is 1.35 bits per heavy atom. The number of anilines is 1. The third-order valence-corrected chi connectivity index (χ3v) is 4.01. The average Bonchev–Trinajstić information content (AvgIpc) is 2.39. The SMILES string of the molecule is CC(C)C1CCCCC1NC(=O)c1ccc(N)cn1.Cl. The predicted molar refractivity (Wildman–Crippen MR) is 83.9 cm³/mol. The summed E-state index contributed by atoms with van der Waals surface area (Å²) >= 11 is 0. The number of nitrogens with one attached hydrogen (secondary N) is 1. The molecule has 1 aromatic rings. The monoisotopic (exact) mass is 297 g/mol. The van der Waals surface area contributed by atoms with Gasteiger partial charge in [0.2, 0.25) is 0 Å². The molecule has 2 unspecified atom stereocenters. The predicted octanol–water partition coefficient (Wildman–Crippen LogP) is 3.03. The van der Waals surface area contributed by atoms with E-state index in [1.165, 1.54) is 25.5 Å². The molecular formula is C15H24ClN3O. The number of rotatable bonds is 3. The van der Waals surface area contributed by atoms with E-state index in [2.05, 4.69) is 24.1 Å². The fourth-order valence-corrected chi connectivity index (χ4v) is 2.92. The van der Waals surface area contributed by atoms with E-state index < -0.39 is 0 Å². The van der Waals surface area contributed by atoms with Crippen molar-refractivity contribution in [2.45, 2.75) is 45.6 Å². The van der Waals surface area contributed by atoms with Crippen molar-refractivity contribution < 1.29 is 4.79 Å². The van der Waals surface area contributed by atoms with Gasteiger partial charge in [0.25, 0.3) is 5.91 Å². The molecule has 0 spiro atoms. The second kappa shape index (κ2) is 7.48. The molecule has 5 heteroatoms. The number of nitrogens with zero attached hydrogens (tertiary/aromatic N) is 1. The van der Waals surface area contributed by atoms with E-state index in [-0.39, 0.29) is 24.4 Å². The summed E-state index contributed by atoms with van der Waals surface area (Å²) in [5.74, 6) is 1.09. The van der Waals surface area contributed by atoms with Gasteiger partial charge in [-0.3, -0.25) is 4.79 Å². The lowest BCUT2D eigenvalue weighted by molar-refractivity contribution is 0.0884. The minimum atomic E-state index is -0.0856. The first kappa shape index (κ1) is 16.8. The Hall–Kier alpha value is -1.29. The van der Waals surface area contributed by atoms with E-state index in [0.29, 0.717) is 23.2 Å². The third-order valence-electron chi connectivity index (χ3n) is 4.01. The van der Waals surface area contributed by atoms with Crippen LogP contribution in [0, 0.1) is 11.8 Å². The largest absolute Gasteiger partial charge is 0.397 e. The molecule has 4 nitrogen and oxygen atoms in total. The van der Waals surface area contributed by atoms with Gasteiger partial charge in [0, 0.05) is 6.04 Å². The summed E-state index contributed by atoms with van der Waals surface area (Å²) in [4.78, 5) is 16.3. The van der Waals surface area contributed by atoms with E-state index >= 15 is 0 Å². The summed E-state index contributed by atoms with van der Waals surface area (Å²) in [5, 5.41) is 3.14. The van der Waals surface area contributed by atoms with Gasteiger partial charge in [0.15, 0.2) is 0 Å². The minimum absolute atomic E-state index is 0. The highest BCUT2D eigenvalue weighted by Gasteiger charge is 2.29. The van der Waals surface area contributed by atoms with Crippen LogP contribution in [0.25, 0.3) is 0 Å². The molecule has 1 fully saturated rings. The lowest BCUT2D eigenvalue weighted by Crippen LogP contribution is -2.44. The fourth-order valence-electron chi connectivity index (χ4n) is 2.92. The summed E-state index contributed by atoms with van der Waals surface area (Å²) in [7, 11) is 0. The van der Waals surface area contributed by atoms with E-state index in [1.54, 1.807) is 12.1 Å². The molecule has 112 valence electrons. The van der Waals surface area contributed by atoms with E-state index in [0.717, 1.165) is 6.42 Å². The van der Waals surface area contributed by atoms with Crippen molar-refractivity contribution in [2.24, 2.45) is 11.8 Å². The van der Waals surface area contributed by atoms with Crippen LogP contribution in [0.1, 0.15) is 50.0 Å². The van der Waals surface area contributed by atoms with Crippen LogP contribution in [-0.4, -0.2) is 16.9 Å². The number of amides is 1. The number of hydrogen-bond acceptors (Lipinski definition) is 3. The summed E-state index contributed by atoms with van der Waals surface area (Å²) in [6.45, 7) is 4.47. The molecule has 0 aromatic carbocycles. The van der Waals surface area contributed by atoms with Crippen LogP contribution in [0.4, 0.5) is 5.69 Å². The number of carbonyl (C=O) groups excluding carboxylic acids is 1. The van der Waals surface area contributed by atoms with Crippen molar-refractivity contribution in [2.75, 3.05) is 5.73 Å². The summed E-state index contributed by atoms with van der Waals surface area (Å²) in [6, 6.07) is 3.67. The molecule has 1 aromatic heterocycles. The first-order chi connectivity index (χ1) is 9.08. The van der Waals surface area contributed by atoms with Gasteiger partial charge >= 0.3 is 0 Å². The topological polar surface area (TPSA) is 68.0 Å². The van der Waals surface area contributed by atoms with Crippen molar-refractivity contribution in [1.82, 2.24) is 10.3 Å². The number of pyridine rings is 1. The molecule has 1 aliphatic rings. The second-order valence-corrected chi connectivity index (χ2v) is 5.75. The van der Waals surface area contributed by atoms with Crippen LogP contribution < -0.4 is 11.1 Å². The van der Waals surface area contributed by atoms with Gasteiger partial charge in [-0.15, -0.1) is 12.4 Å². The van der Waals surface area contributed by atoms with E-state index in [9.17, 15) is 4.79 Å². The highest BCUT2D eigenvalue weighted by molar-refractivity contribution is 5.92. The Morgan fingerprint density at radius 3 is 2.65 bits per heavy atom. The Labute approximate surface area is 126 Å².